The van der Waals surface area contributed by atoms with E-state index in [0.717, 1.165) is 55.5 Å². The molecular formula is C22H29N3O3S. The van der Waals surface area contributed by atoms with Crippen molar-refractivity contribution < 1.29 is 13.2 Å². The molecule has 1 fully saturated rings. The summed E-state index contributed by atoms with van der Waals surface area (Å²) in [6, 6.07) is 9.11. The minimum absolute atomic E-state index is 0.00199. The molecule has 1 atom stereocenters. The first kappa shape index (κ1) is 20.2. The van der Waals surface area contributed by atoms with E-state index in [1.54, 1.807) is 34.3 Å². The number of anilines is 1. The molecule has 1 saturated heterocycles. The van der Waals surface area contributed by atoms with Crippen LogP contribution in [0.1, 0.15) is 56.3 Å². The van der Waals surface area contributed by atoms with E-state index in [2.05, 4.69) is 0 Å². The second-order valence-electron chi connectivity index (χ2n) is 8.09. The number of amides is 1. The molecule has 6 nitrogen and oxygen atoms in total. The summed E-state index contributed by atoms with van der Waals surface area (Å²) in [6.45, 7) is 2.78. The topological polar surface area (TPSA) is 62.6 Å². The predicted molar refractivity (Wildman–Crippen MR) is 113 cm³/mol. The molecule has 3 heterocycles. The van der Waals surface area contributed by atoms with Crippen LogP contribution in [0.3, 0.4) is 0 Å². The van der Waals surface area contributed by atoms with Gasteiger partial charge in [-0.2, -0.15) is 4.31 Å². The Labute approximate surface area is 173 Å². The van der Waals surface area contributed by atoms with Crippen LogP contribution in [0, 0.1) is 0 Å². The summed E-state index contributed by atoms with van der Waals surface area (Å²) >= 11 is 0. The summed E-state index contributed by atoms with van der Waals surface area (Å²) in [5.74, 6) is -0.00199. The zero-order chi connectivity index (χ0) is 20.6. The molecule has 1 unspecified atom stereocenters. The lowest BCUT2D eigenvalue weighted by molar-refractivity contribution is -0.116. The van der Waals surface area contributed by atoms with E-state index in [4.69, 9.17) is 0 Å². The van der Waals surface area contributed by atoms with E-state index >= 15 is 0 Å². The zero-order valence-electron chi connectivity index (χ0n) is 17.2. The fraction of sp³-hybridized carbons (Fsp3) is 0.500. The molecule has 1 aromatic carbocycles. The van der Waals surface area contributed by atoms with Crippen LogP contribution in [0.5, 0.6) is 0 Å². The normalized spacial score (nSPS) is 20.9. The summed E-state index contributed by atoms with van der Waals surface area (Å²) < 4.78 is 31.1. The monoisotopic (exact) mass is 415 g/mol. The van der Waals surface area contributed by atoms with Gasteiger partial charge in [0.15, 0.2) is 0 Å². The van der Waals surface area contributed by atoms with Gasteiger partial charge >= 0.3 is 0 Å². The molecule has 0 N–H and O–H groups in total. The molecule has 2 aliphatic heterocycles. The highest BCUT2D eigenvalue weighted by atomic mass is 32.2. The number of hydrogen-bond donors (Lipinski definition) is 0. The summed E-state index contributed by atoms with van der Waals surface area (Å²) in [5.41, 5.74) is 2.83. The Morgan fingerprint density at radius 3 is 2.62 bits per heavy atom. The standard InChI is InChI=1S/C22H29N3O3S/c1-17(26)24-14-6-8-18-16-19(11-12-20(18)24)29(27,28)25-15-5-3-4-9-22(25)21-10-7-13-23(21)2/h7,10-13,16,22H,3-6,8-9,14-15H2,1-2H3. The number of aryl methyl sites for hydroxylation is 2. The quantitative estimate of drug-likeness (QED) is 0.769. The summed E-state index contributed by atoms with van der Waals surface area (Å²) in [7, 11) is -1.66. The molecule has 0 radical (unpaired) electrons. The molecule has 1 aromatic heterocycles. The summed E-state index contributed by atoms with van der Waals surface area (Å²) in [5, 5.41) is 0. The molecule has 29 heavy (non-hydrogen) atoms. The van der Waals surface area contributed by atoms with E-state index in [0.29, 0.717) is 18.0 Å². The van der Waals surface area contributed by atoms with Gasteiger partial charge in [-0.25, -0.2) is 8.42 Å². The minimum atomic E-state index is -3.63. The average Bonchev–Trinajstić information content (AvgIpc) is 2.98. The van der Waals surface area contributed by atoms with Gasteiger partial charge in [-0.05, 0) is 61.6 Å². The molecule has 2 aromatic rings. The highest BCUT2D eigenvalue weighted by Crippen LogP contribution is 2.36. The summed E-state index contributed by atoms with van der Waals surface area (Å²) in [4.78, 5) is 14.0. The van der Waals surface area contributed by atoms with Gasteiger partial charge in [0.25, 0.3) is 0 Å². The number of carbonyl (C=O) groups is 1. The lowest BCUT2D eigenvalue weighted by Crippen LogP contribution is -2.36. The van der Waals surface area contributed by atoms with Crippen molar-refractivity contribution in [1.29, 1.82) is 0 Å². The van der Waals surface area contributed by atoms with Gasteiger partial charge in [0, 0.05) is 44.6 Å². The second kappa shape index (κ2) is 7.95. The first-order valence-corrected chi connectivity index (χ1v) is 11.9. The first-order valence-electron chi connectivity index (χ1n) is 10.4. The second-order valence-corrected chi connectivity index (χ2v) is 9.98. The number of hydrogen-bond acceptors (Lipinski definition) is 3. The number of nitrogens with zero attached hydrogens (tertiary/aromatic N) is 3. The third-order valence-electron chi connectivity index (χ3n) is 6.19. The Hall–Kier alpha value is -2.12. The van der Waals surface area contributed by atoms with Crippen molar-refractivity contribution in [2.75, 3.05) is 18.0 Å². The Morgan fingerprint density at radius 2 is 1.90 bits per heavy atom. The number of fused-ring (bicyclic) bond motifs is 1. The van der Waals surface area contributed by atoms with Gasteiger partial charge < -0.3 is 9.47 Å². The number of benzene rings is 1. The van der Waals surface area contributed by atoms with Crippen LogP contribution in [0.15, 0.2) is 41.4 Å². The molecular weight excluding hydrogens is 386 g/mol. The van der Waals surface area contributed by atoms with Crippen LogP contribution < -0.4 is 4.90 Å². The van der Waals surface area contributed by atoms with Crippen molar-refractivity contribution in [3.63, 3.8) is 0 Å². The molecule has 1 amide bonds. The maximum absolute atomic E-state index is 13.7. The fourth-order valence-electron chi connectivity index (χ4n) is 4.68. The first-order chi connectivity index (χ1) is 13.9. The van der Waals surface area contributed by atoms with E-state index in [1.807, 2.05) is 29.9 Å². The van der Waals surface area contributed by atoms with Crippen LogP contribution in [0.4, 0.5) is 5.69 Å². The Bertz CT molecular complexity index is 1010. The molecule has 7 heteroatoms. The van der Waals surface area contributed by atoms with Gasteiger partial charge in [0.2, 0.25) is 15.9 Å². The van der Waals surface area contributed by atoms with Gasteiger partial charge in [-0.1, -0.05) is 12.8 Å². The van der Waals surface area contributed by atoms with E-state index < -0.39 is 10.0 Å². The molecule has 156 valence electrons. The third kappa shape index (κ3) is 3.73. The maximum Gasteiger partial charge on any atom is 0.243 e. The Kier molecular flexibility index (Phi) is 5.53. The molecule has 0 bridgehead atoms. The number of sulfonamides is 1. The Morgan fingerprint density at radius 1 is 1.07 bits per heavy atom. The zero-order valence-corrected chi connectivity index (χ0v) is 18.0. The SMILES string of the molecule is CC(=O)N1CCCc2cc(S(=O)(=O)N3CCCCCC3c3cccn3C)ccc21. The summed E-state index contributed by atoms with van der Waals surface area (Å²) in [6.07, 6.45) is 7.41. The molecule has 4 rings (SSSR count). The smallest absolute Gasteiger partial charge is 0.243 e. The third-order valence-corrected chi connectivity index (χ3v) is 8.09. The molecule has 0 saturated carbocycles. The number of rotatable bonds is 3. The average molecular weight is 416 g/mol. The van der Waals surface area contributed by atoms with Crippen molar-refractivity contribution in [2.45, 2.75) is 56.4 Å². The highest BCUT2D eigenvalue weighted by molar-refractivity contribution is 7.89. The lowest BCUT2D eigenvalue weighted by atomic mass is 10.0. The molecule has 0 aliphatic carbocycles. The Balaban J connectivity index is 1.73. The van der Waals surface area contributed by atoms with E-state index in [1.165, 1.54) is 0 Å². The van der Waals surface area contributed by atoms with Crippen molar-refractivity contribution >= 4 is 21.6 Å². The van der Waals surface area contributed by atoms with Crippen molar-refractivity contribution in [3.8, 4) is 0 Å². The van der Waals surface area contributed by atoms with Crippen molar-refractivity contribution in [2.24, 2.45) is 7.05 Å². The van der Waals surface area contributed by atoms with Gasteiger partial charge in [0.05, 0.1) is 10.9 Å². The predicted octanol–water partition coefficient (Wildman–Crippen LogP) is 3.63. The van der Waals surface area contributed by atoms with Crippen LogP contribution in [0.2, 0.25) is 0 Å². The van der Waals surface area contributed by atoms with Crippen LogP contribution in [-0.4, -0.2) is 36.3 Å². The highest BCUT2D eigenvalue weighted by Gasteiger charge is 2.35. The van der Waals surface area contributed by atoms with E-state index in [9.17, 15) is 13.2 Å². The fourth-order valence-corrected chi connectivity index (χ4v) is 6.40. The van der Waals surface area contributed by atoms with Gasteiger partial charge in [0.1, 0.15) is 0 Å². The maximum atomic E-state index is 13.7. The van der Waals surface area contributed by atoms with Crippen LogP contribution in [-0.2, 0) is 28.3 Å². The van der Waals surface area contributed by atoms with Crippen LogP contribution >= 0.6 is 0 Å². The lowest BCUT2D eigenvalue weighted by Gasteiger charge is -2.31. The molecule has 2 aliphatic rings. The largest absolute Gasteiger partial charge is 0.353 e. The van der Waals surface area contributed by atoms with Crippen LogP contribution in [0.25, 0.3) is 0 Å². The van der Waals surface area contributed by atoms with Gasteiger partial charge in [-0.3, -0.25) is 4.79 Å². The van der Waals surface area contributed by atoms with E-state index in [-0.39, 0.29) is 11.9 Å². The number of carbonyl (C=O) groups excluding carboxylic acids is 1. The molecule has 0 spiro atoms. The van der Waals surface area contributed by atoms with Gasteiger partial charge in [-0.15, -0.1) is 0 Å². The van der Waals surface area contributed by atoms with Crippen molar-refractivity contribution in [1.82, 2.24) is 8.87 Å². The minimum Gasteiger partial charge on any atom is -0.353 e. The number of aromatic nitrogens is 1. The van der Waals surface area contributed by atoms with Crippen molar-refractivity contribution in [3.05, 3.63) is 47.8 Å².